The number of rotatable bonds is 8. The molecule has 0 unspecified atom stereocenters. The van der Waals surface area contributed by atoms with Gasteiger partial charge in [-0.3, -0.25) is 0 Å². The molecule has 0 bridgehead atoms. The summed E-state index contributed by atoms with van der Waals surface area (Å²) in [4.78, 5) is 11.2. The average molecular weight is 262 g/mol. The fourth-order valence-electron chi connectivity index (χ4n) is 1.51. The van der Waals surface area contributed by atoms with Crippen LogP contribution >= 0.6 is 0 Å². The van der Waals surface area contributed by atoms with Crippen molar-refractivity contribution in [1.82, 2.24) is 0 Å². The Balaban J connectivity index is 2.66. The van der Waals surface area contributed by atoms with Crippen LogP contribution in [0.25, 0.3) is 0 Å². The van der Waals surface area contributed by atoms with E-state index in [4.69, 9.17) is 23.7 Å². The molecule has 1 rings (SSSR count). The Morgan fingerprint density at radius 3 is 2.72 bits per heavy atom. The summed E-state index contributed by atoms with van der Waals surface area (Å²) >= 11 is 0. The summed E-state index contributed by atoms with van der Waals surface area (Å²) < 4.78 is 25.2. The highest BCUT2D eigenvalue weighted by Gasteiger charge is 2.35. The molecule has 0 aromatic heterocycles. The summed E-state index contributed by atoms with van der Waals surface area (Å²) in [5, 5.41) is 9.25. The maximum Gasteiger partial charge on any atom is 0.330 e. The van der Waals surface area contributed by atoms with Gasteiger partial charge in [0.15, 0.2) is 6.10 Å². The SMILES string of the molecule is COCO[C@H]1C=CC(=O)O[C@H]1[C@@H](CO)OCOC. The normalized spacial score (nSPS) is 24.9. The highest BCUT2D eigenvalue weighted by atomic mass is 16.7. The number of carbonyl (C=O) groups is 1. The van der Waals surface area contributed by atoms with E-state index >= 15 is 0 Å². The third kappa shape index (κ3) is 4.35. The molecule has 7 nitrogen and oxygen atoms in total. The Bertz CT molecular complexity index is 279. The van der Waals surface area contributed by atoms with E-state index in [0.29, 0.717) is 0 Å². The first-order valence-corrected chi connectivity index (χ1v) is 5.43. The number of hydrogen-bond acceptors (Lipinski definition) is 7. The zero-order valence-electron chi connectivity index (χ0n) is 10.4. The van der Waals surface area contributed by atoms with Crippen molar-refractivity contribution in [1.29, 1.82) is 0 Å². The summed E-state index contributed by atoms with van der Waals surface area (Å²) in [7, 11) is 2.94. The number of aliphatic hydroxyl groups is 1. The Morgan fingerprint density at radius 2 is 2.11 bits per heavy atom. The Hall–Kier alpha value is -0.990. The second-order valence-electron chi connectivity index (χ2n) is 3.59. The van der Waals surface area contributed by atoms with Crippen LogP contribution in [-0.4, -0.2) is 63.8 Å². The van der Waals surface area contributed by atoms with Crippen LogP contribution in [0, 0.1) is 0 Å². The number of aliphatic hydroxyl groups excluding tert-OH is 1. The number of carbonyl (C=O) groups excluding carboxylic acids is 1. The van der Waals surface area contributed by atoms with Crippen molar-refractivity contribution in [3.63, 3.8) is 0 Å². The minimum Gasteiger partial charge on any atom is -0.453 e. The molecule has 0 aromatic carbocycles. The molecule has 18 heavy (non-hydrogen) atoms. The number of hydrogen-bond donors (Lipinski definition) is 1. The maximum absolute atomic E-state index is 11.2. The van der Waals surface area contributed by atoms with E-state index in [1.54, 1.807) is 6.08 Å². The molecule has 0 saturated heterocycles. The van der Waals surface area contributed by atoms with Gasteiger partial charge in [0.05, 0.1) is 6.61 Å². The van der Waals surface area contributed by atoms with E-state index in [1.165, 1.54) is 20.3 Å². The molecule has 1 heterocycles. The van der Waals surface area contributed by atoms with Crippen LogP contribution in [0.1, 0.15) is 0 Å². The molecular formula is C11H18O7. The second kappa shape index (κ2) is 8.17. The van der Waals surface area contributed by atoms with Crippen LogP contribution in [0.5, 0.6) is 0 Å². The standard InChI is InChI=1S/C11H18O7/c1-14-6-16-8-3-4-10(13)18-11(8)9(5-12)17-7-15-2/h3-4,8-9,11-12H,5-7H2,1-2H3/t8-,9+,11+/m0/s1. The summed E-state index contributed by atoms with van der Waals surface area (Å²) in [5.74, 6) is -0.503. The largest absolute Gasteiger partial charge is 0.453 e. The topological polar surface area (TPSA) is 83.5 Å². The quantitative estimate of drug-likeness (QED) is 0.463. The monoisotopic (exact) mass is 262 g/mol. The fourth-order valence-corrected chi connectivity index (χ4v) is 1.51. The molecule has 104 valence electrons. The van der Waals surface area contributed by atoms with Gasteiger partial charge >= 0.3 is 5.97 Å². The molecule has 3 atom stereocenters. The van der Waals surface area contributed by atoms with Gasteiger partial charge in [-0.15, -0.1) is 0 Å². The molecule has 1 N–H and O–H groups in total. The van der Waals surface area contributed by atoms with Crippen LogP contribution in [0.3, 0.4) is 0 Å². The molecular weight excluding hydrogens is 244 g/mol. The molecule has 0 fully saturated rings. The lowest BCUT2D eigenvalue weighted by Crippen LogP contribution is -2.47. The van der Waals surface area contributed by atoms with Crippen LogP contribution < -0.4 is 0 Å². The van der Waals surface area contributed by atoms with E-state index in [9.17, 15) is 9.90 Å². The predicted octanol–water partition coefficient (Wildman–Crippen LogP) is -0.561. The van der Waals surface area contributed by atoms with Gasteiger partial charge in [-0.25, -0.2) is 4.79 Å². The lowest BCUT2D eigenvalue weighted by Gasteiger charge is -2.32. The summed E-state index contributed by atoms with van der Waals surface area (Å²) in [6.07, 6.45) is 0.825. The van der Waals surface area contributed by atoms with Crippen LogP contribution in [0.15, 0.2) is 12.2 Å². The lowest BCUT2D eigenvalue weighted by atomic mass is 10.1. The molecule has 1 aliphatic rings. The average Bonchev–Trinajstić information content (AvgIpc) is 2.38. The minimum atomic E-state index is -0.738. The minimum absolute atomic E-state index is 0.0139. The molecule has 0 aliphatic carbocycles. The van der Waals surface area contributed by atoms with Gasteiger partial charge in [0.2, 0.25) is 0 Å². The Morgan fingerprint density at radius 1 is 1.39 bits per heavy atom. The Kier molecular flexibility index (Phi) is 6.84. The maximum atomic E-state index is 11.2. The third-order valence-corrected chi connectivity index (χ3v) is 2.32. The molecule has 1 aliphatic heterocycles. The van der Waals surface area contributed by atoms with Crippen molar-refractivity contribution in [3.05, 3.63) is 12.2 Å². The summed E-state index contributed by atoms with van der Waals surface area (Å²) in [6.45, 7) is -0.284. The summed E-state index contributed by atoms with van der Waals surface area (Å²) in [6, 6.07) is 0. The van der Waals surface area contributed by atoms with Crippen molar-refractivity contribution in [2.24, 2.45) is 0 Å². The van der Waals surface area contributed by atoms with Gasteiger partial charge in [0.25, 0.3) is 0 Å². The fraction of sp³-hybridized carbons (Fsp3) is 0.727. The number of cyclic esters (lactones) is 1. The van der Waals surface area contributed by atoms with Crippen molar-refractivity contribution >= 4 is 5.97 Å². The van der Waals surface area contributed by atoms with Crippen LogP contribution in [0.2, 0.25) is 0 Å². The van der Waals surface area contributed by atoms with Gasteiger partial charge < -0.3 is 28.8 Å². The van der Waals surface area contributed by atoms with Gasteiger partial charge in [-0.1, -0.05) is 0 Å². The summed E-state index contributed by atoms with van der Waals surface area (Å²) in [5.41, 5.74) is 0. The number of methoxy groups -OCH3 is 2. The molecule has 0 amide bonds. The molecule has 0 radical (unpaired) electrons. The Labute approximate surface area is 105 Å². The first kappa shape index (κ1) is 15.1. The van der Waals surface area contributed by atoms with Gasteiger partial charge in [0, 0.05) is 20.3 Å². The smallest absolute Gasteiger partial charge is 0.330 e. The zero-order chi connectivity index (χ0) is 13.4. The van der Waals surface area contributed by atoms with Crippen molar-refractivity contribution < 1.29 is 33.6 Å². The van der Waals surface area contributed by atoms with E-state index in [-0.39, 0.29) is 20.2 Å². The lowest BCUT2D eigenvalue weighted by molar-refractivity contribution is -0.192. The third-order valence-electron chi connectivity index (χ3n) is 2.32. The predicted molar refractivity (Wildman–Crippen MR) is 59.6 cm³/mol. The van der Waals surface area contributed by atoms with E-state index < -0.39 is 24.3 Å². The van der Waals surface area contributed by atoms with E-state index in [1.807, 2.05) is 0 Å². The van der Waals surface area contributed by atoms with Gasteiger partial charge in [-0.05, 0) is 6.08 Å². The number of ether oxygens (including phenoxy) is 5. The molecule has 0 saturated carbocycles. The van der Waals surface area contributed by atoms with Gasteiger partial charge in [0.1, 0.15) is 25.8 Å². The number of esters is 1. The van der Waals surface area contributed by atoms with Crippen LogP contribution in [0.4, 0.5) is 0 Å². The van der Waals surface area contributed by atoms with E-state index in [0.717, 1.165) is 0 Å². The molecule has 0 aromatic rings. The molecule has 0 spiro atoms. The van der Waals surface area contributed by atoms with Crippen molar-refractivity contribution in [3.8, 4) is 0 Å². The first-order chi connectivity index (χ1) is 8.72. The molecule has 7 heteroatoms. The highest BCUT2D eigenvalue weighted by molar-refractivity contribution is 5.83. The van der Waals surface area contributed by atoms with Gasteiger partial charge in [-0.2, -0.15) is 0 Å². The van der Waals surface area contributed by atoms with Crippen molar-refractivity contribution in [2.75, 3.05) is 34.4 Å². The highest BCUT2D eigenvalue weighted by Crippen LogP contribution is 2.18. The second-order valence-corrected chi connectivity index (χ2v) is 3.59. The van der Waals surface area contributed by atoms with Crippen molar-refractivity contribution in [2.45, 2.75) is 18.3 Å². The van der Waals surface area contributed by atoms with Crippen LogP contribution in [-0.2, 0) is 28.5 Å². The zero-order valence-corrected chi connectivity index (χ0v) is 10.4. The first-order valence-electron chi connectivity index (χ1n) is 5.43. The van der Waals surface area contributed by atoms with E-state index in [2.05, 4.69) is 0 Å².